The molecule has 1 heterocycles. The summed E-state index contributed by atoms with van der Waals surface area (Å²) in [5.41, 5.74) is 0. The molecule has 0 aliphatic carbocycles. The van der Waals surface area contributed by atoms with Gasteiger partial charge in [0.05, 0.1) is 0 Å². The van der Waals surface area contributed by atoms with Crippen LogP contribution in [-0.4, -0.2) is 37.0 Å². The van der Waals surface area contributed by atoms with Gasteiger partial charge in [-0.15, -0.1) is 12.6 Å². The van der Waals surface area contributed by atoms with Crippen LogP contribution in [0.5, 0.6) is 0 Å². The van der Waals surface area contributed by atoms with Crippen molar-refractivity contribution >= 4 is 16.5 Å². The summed E-state index contributed by atoms with van der Waals surface area (Å²) in [5.74, 6) is 0.292. The minimum atomic E-state index is -3.11. The molecule has 0 aromatic rings. The van der Waals surface area contributed by atoms with Crippen molar-refractivity contribution < 1.29 is 17.4 Å². The smallest absolute Gasteiger partial charge is 0.346 e. The Kier molecular flexibility index (Phi) is 4.44. The molecule has 1 rings (SSSR count). The molecule has 0 aromatic carbocycles. The van der Waals surface area contributed by atoms with Crippen molar-refractivity contribution in [3.63, 3.8) is 0 Å². The number of hydrogen-bond acceptors (Lipinski definition) is 4. The van der Waals surface area contributed by atoms with Crippen molar-refractivity contribution in [1.29, 1.82) is 0 Å². The molecule has 1 saturated heterocycles. The first-order valence-electron chi connectivity index (χ1n) is 3.04. The van der Waals surface area contributed by atoms with Gasteiger partial charge in [0.15, 0.2) is 0 Å². The Morgan fingerprint density at radius 3 is 1.91 bits per heavy atom. The zero-order valence-electron chi connectivity index (χ0n) is 6.11. The normalized spacial score (nSPS) is 15.7. The predicted octanol–water partition coefficient (Wildman–Crippen LogP) is -0.766. The molecule has 11 heavy (non-hydrogen) atoms. The summed E-state index contributed by atoms with van der Waals surface area (Å²) < 4.78 is 25.3. The molecule has 64 valence electrons. The standard InChI is InChI=1S/C5H9NO.O3S/c1-6-4-2-3-5(6)7;1-4(2)3/h2-4H2,1H3;. The Bertz CT molecular complexity index is 223. The molecule has 0 saturated carbocycles. The van der Waals surface area contributed by atoms with Gasteiger partial charge in [0.1, 0.15) is 0 Å². The van der Waals surface area contributed by atoms with E-state index in [2.05, 4.69) is 0 Å². The molecule has 0 spiro atoms. The largest absolute Gasteiger partial charge is 0.425 e. The SMILES string of the molecule is CN1CCCC1=O.O=S(=O)=O. The van der Waals surface area contributed by atoms with Crippen molar-refractivity contribution in [2.75, 3.05) is 13.6 Å². The van der Waals surface area contributed by atoms with Gasteiger partial charge in [0.2, 0.25) is 5.91 Å². The van der Waals surface area contributed by atoms with Crippen LogP contribution in [0.1, 0.15) is 12.8 Å². The molecule has 1 aliphatic heterocycles. The van der Waals surface area contributed by atoms with Crippen LogP contribution in [0.25, 0.3) is 0 Å². The summed E-state index contributed by atoms with van der Waals surface area (Å²) in [4.78, 5) is 12.3. The fourth-order valence-electron chi connectivity index (χ4n) is 0.783. The van der Waals surface area contributed by atoms with E-state index < -0.39 is 10.6 Å². The topological polar surface area (TPSA) is 71.5 Å². The zero-order valence-corrected chi connectivity index (χ0v) is 6.93. The maximum atomic E-state index is 10.5. The third kappa shape index (κ3) is 5.53. The van der Waals surface area contributed by atoms with E-state index >= 15 is 0 Å². The van der Waals surface area contributed by atoms with Crippen molar-refractivity contribution in [3.05, 3.63) is 0 Å². The molecular formula is C5H9NO4S. The molecule has 0 bridgehead atoms. The van der Waals surface area contributed by atoms with Gasteiger partial charge in [-0.2, -0.15) is 0 Å². The highest BCUT2D eigenvalue weighted by Gasteiger charge is 2.14. The van der Waals surface area contributed by atoms with Crippen LogP contribution in [0.2, 0.25) is 0 Å². The van der Waals surface area contributed by atoms with E-state index in [1.165, 1.54) is 0 Å². The number of nitrogens with zero attached hydrogens (tertiary/aromatic N) is 1. The second kappa shape index (κ2) is 4.84. The van der Waals surface area contributed by atoms with Crippen LogP contribution < -0.4 is 0 Å². The van der Waals surface area contributed by atoms with Gasteiger partial charge in [-0.1, -0.05) is 0 Å². The van der Waals surface area contributed by atoms with Crippen LogP contribution in [0, 0.1) is 0 Å². The van der Waals surface area contributed by atoms with Gasteiger partial charge < -0.3 is 4.90 Å². The van der Waals surface area contributed by atoms with Gasteiger partial charge in [0, 0.05) is 20.0 Å². The average molecular weight is 179 g/mol. The van der Waals surface area contributed by atoms with Gasteiger partial charge in [-0.25, -0.2) is 0 Å². The van der Waals surface area contributed by atoms with Gasteiger partial charge in [-0.3, -0.25) is 4.79 Å². The number of amides is 1. The minimum Gasteiger partial charge on any atom is -0.346 e. The lowest BCUT2D eigenvalue weighted by Gasteiger charge is -2.03. The first kappa shape index (κ1) is 10.1. The number of hydrogen-bond donors (Lipinski definition) is 0. The highest BCUT2D eigenvalue weighted by atomic mass is 32.2. The van der Waals surface area contributed by atoms with Crippen LogP contribution >= 0.6 is 0 Å². The summed E-state index contributed by atoms with van der Waals surface area (Å²) in [6.45, 7) is 0.957. The van der Waals surface area contributed by atoms with Crippen LogP contribution in [0.15, 0.2) is 0 Å². The second-order valence-electron chi connectivity index (χ2n) is 2.12. The van der Waals surface area contributed by atoms with Crippen molar-refractivity contribution in [1.82, 2.24) is 4.90 Å². The molecule has 0 atom stereocenters. The lowest BCUT2D eigenvalue weighted by molar-refractivity contribution is -0.126. The van der Waals surface area contributed by atoms with E-state index in [-0.39, 0.29) is 0 Å². The second-order valence-corrected chi connectivity index (χ2v) is 2.53. The number of rotatable bonds is 0. The molecule has 6 heteroatoms. The van der Waals surface area contributed by atoms with Crippen LogP contribution in [-0.2, 0) is 15.4 Å². The van der Waals surface area contributed by atoms with Crippen molar-refractivity contribution in [3.8, 4) is 0 Å². The molecule has 1 fully saturated rings. The molecule has 1 amide bonds. The fourth-order valence-corrected chi connectivity index (χ4v) is 0.783. The maximum absolute atomic E-state index is 10.5. The fraction of sp³-hybridized carbons (Fsp3) is 0.800. The highest BCUT2D eigenvalue weighted by molar-refractivity contribution is 7.59. The number of carbonyl (C=O) groups is 1. The Hall–Kier alpha value is -0.910. The molecule has 0 N–H and O–H groups in total. The van der Waals surface area contributed by atoms with Crippen LogP contribution in [0.4, 0.5) is 0 Å². The van der Waals surface area contributed by atoms with E-state index in [4.69, 9.17) is 12.6 Å². The van der Waals surface area contributed by atoms with Gasteiger partial charge >= 0.3 is 10.6 Å². The lowest BCUT2D eigenvalue weighted by Crippen LogP contribution is -2.17. The molecule has 0 unspecified atom stereocenters. The van der Waals surface area contributed by atoms with Crippen molar-refractivity contribution in [2.24, 2.45) is 0 Å². The molecule has 5 nitrogen and oxygen atoms in total. The Morgan fingerprint density at radius 2 is 1.82 bits per heavy atom. The van der Waals surface area contributed by atoms with E-state index in [9.17, 15) is 4.79 Å². The van der Waals surface area contributed by atoms with Gasteiger partial charge in [-0.05, 0) is 6.42 Å². The Balaban J connectivity index is 0.000000218. The summed E-state index contributed by atoms with van der Waals surface area (Å²) >= 11 is 0. The van der Waals surface area contributed by atoms with Gasteiger partial charge in [0.25, 0.3) is 0 Å². The first-order chi connectivity index (χ1) is 5.04. The summed E-state index contributed by atoms with van der Waals surface area (Å²) in [6, 6.07) is 0. The Morgan fingerprint density at radius 1 is 1.36 bits per heavy atom. The average Bonchev–Trinajstić information content (AvgIpc) is 2.15. The lowest BCUT2D eigenvalue weighted by atomic mass is 10.4. The molecule has 0 radical (unpaired) electrons. The van der Waals surface area contributed by atoms with E-state index in [1.54, 1.807) is 4.90 Å². The zero-order chi connectivity index (χ0) is 8.85. The first-order valence-corrected chi connectivity index (χ1v) is 4.04. The molecule has 0 aromatic heterocycles. The van der Waals surface area contributed by atoms with Crippen LogP contribution in [0.3, 0.4) is 0 Å². The monoisotopic (exact) mass is 179 g/mol. The molecule has 1 aliphatic rings. The third-order valence-electron chi connectivity index (χ3n) is 1.31. The Labute approximate surface area is 66.1 Å². The summed E-state index contributed by atoms with van der Waals surface area (Å²) in [6.07, 6.45) is 1.81. The predicted molar refractivity (Wildman–Crippen MR) is 36.6 cm³/mol. The maximum Gasteiger partial charge on any atom is 0.425 e. The summed E-state index contributed by atoms with van der Waals surface area (Å²) in [5, 5.41) is 0. The summed E-state index contributed by atoms with van der Waals surface area (Å²) in [7, 11) is -1.27. The minimum absolute atomic E-state index is 0.292. The number of carbonyl (C=O) groups excluding carboxylic acids is 1. The highest BCUT2D eigenvalue weighted by Crippen LogP contribution is 2.04. The number of likely N-dealkylation sites (tertiary alicyclic amines) is 1. The van der Waals surface area contributed by atoms with E-state index in [0.29, 0.717) is 5.91 Å². The molecular weight excluding hydrogens is 170 g/mol. The van der Waals surface area contributed by atoms with E-state index in [1.807, 2.05) is 7.05 Å². The third-order valence-corrected chi connectivity index (χ3v) is 1.31. The van der Waals surface area contributed by atoms with Crippen molar-refractivity contribution in [2.45, 2.75) is 12.8 Å². The quantitative estimate of drug-likeness (QED) is 0.489. The van der Waals surface area contributed by atoms with E-state index in [0.717, 1.165) is 19.4 Å².